The number of nitrogens with one attached hydrogen (secondary N) is 2. The molecule has 0 saturated heterocycles. The van der Waals surface area contributed by atoms with Gasteiger partial charge in [0.25, 0.3) is 0 Å². The summed E-state index contributed by atoms with van der Waals surface area (Å²) in [6, 6.07) is 14.9. The summed E-state index contributed by atoms with van der Waals surface area (Å²) in [4.78, 5) is 12.2. The van der Waals surface area contributed by atoms with Crippen LogP contribution in [0.2, 0.25) is 0 Å². The number of anilines is 1. The Morgan fingerprint density at radius 2 is 1.75 bits per heavy atom. The van der Waals surface area contributed by atoms with Crippen molar-refractivity contribution >= 4 is 11.7 Å². The Balaban J connectivity index is 1.79. The molecule has 6 heteroatoms. The summed E-state index contributed by atoms with van der Waals surface area (Å²) in [7, 11) is 0. The zero-order valence-electron chi connectivity index (χ0n) is 13.0. The van der Waals surface area contributed by atoms with Crippen LogP contribution in [0.25, 0.3) is 0 Å². The maximum atomic E-state index is 13.4. The lowest BCUT2D eigenvalue weighted by Gasteiger charge is -2.39. The number of hydrogen-bond donors (Lipinski definition) is 2. The monoisotopic (exact) mass is 332 g/mol. The number of benzene rings is 2. The van der Waals surface area contributed by atoms with Gasteiger partial charge >= 0.3 is 6.03 Å². The molecule has 4 nitrogen and oxygen atoms in total. The van der Waals surface area contributed by atoms with Crippen molar-refractivity contribution in [3.05, 3.63) is 60.2 Å². The number of alkyl halides is 2. The van der Waals surface area contributed by atoms with Gasteiger partial charge in [0.1, 0.15) is 19.1 Å². The largest absolute Gasteiger partial charge is 0.481 e. The molecule has 1 heterocycles. The van der Waals surface area contributed by atoms with Crippen molar-refractivity contribution < 1.29 is 18.3 Å². The SMILES string of the molecule is O=C(Nc1ccccc1)NC1CC(CF)(CF)Oc2ccccc21. The molecular weight excluding hydrogens is 314 g/mol. The molecule has 2 aromatic carbocycles. The van der Waals surface area contributed by atoms with Gasteiger partial charge in [-0.3, -0.25) is 0 Å². The zero-order valence-corrected chi connectivity index (χ0v) is 13.0. The van der Waals surface area contributed by atoms with Crippen LogP contribution in [0.5, 0.6) is 5.75 Å². The fourth-order valence-corrected chi connectivity index (χ4v) is 2.79. The average molecular weight is 332 g/mol. The second-order valence-corrected chi connectivity index (χ2v) is 5.81. The maximum Gasteiger partial charge on any atom is 0.319 e. The molecule has 0 bridgehead atoms. The van der Waals surface area contributed by atoms with Crippen molar-refractivity contribution in [2.24, 2.45) is 0 Å². The van der Waals surface area contributed by atoms with E-state index in [2.05, 4.69) is 10.6 Å². The summed E-state index contributed by atoms with van der Waals surface area (Å²) in [5, 5.41) is 5.49. The fourth-order valence-electron chi connectivity index (χ4n) is 2.79. The van der Waals surface area contributed by atoms with Crippen LogP contribution in [0.1, 0.15) is 18.0 Å². The lowest BCUT2D eigenvalue weighted by molar-refractivity contribution is -0.0105. The molecule has 1 aliphatic heterocycles. The quantitative estimate of drug-likeness (QED) is 0.889. The van der Waals surface area contributed by atoms with Gasteiger partial charge in [-0.2, -0.15) is 0 Å². The van der Waals surface area contributed by atoms with Crippen LogP contribution in [0.3, 0.4) is 0 Å². The fraction of sp³-hybridized carbons (Fsp3) is 0.278. The summed E-state index contributed by atoms with van der Waals surface area (Å²) in [6.07, 6.45) is 0.0270. The summed E-state index contributed by atoms with van der Waals surface area (Å²) in [6.45, 7) is -1.92. The Labute approximate surface area is 138 Å². The maximum absolute atomic E-state index is 13.4. The smallest absolute Gasteiger partial charge is 0.319 e. The molecule has 1 aliphatic rings. The first-order chi connectivity index (χ1) is 11.7. The van der Waals surface area contributed by atoms with E-state index in [9.17, 15) is 13.6 Å². The third-order valence-corrected chi connectivity index (χ3v) is 4.02. The molecule has 1 atom stereocenters. The van der Waals surface area contributed by atoms with Crippen molar-refractivity contribution in [2.75, 3.05) is 18.7 Å². The van der Waals surface area contributed by atoms with Crippen LogP contribution in [0, 0.1) is 0 Å². The molecule has 2 amide bonds. The third kappa shape index (κ3) is 3.32. The Kier molecular flexibility index (Phi) is 4.64. The number of fused-ring (bicyclic) bond motifs is 1. The molecular formula is C18H18F2N2O2. The minimum atomic E-state index is -1.56. The minimum Gasteiger partial charge on any atom is -0.481 e. The average Bonchev–Trinajstić information content (AvgIpc) is 2.62. The molecule has 0 spiro atoms. The van der Waals surface area contributed by atoms with E-state index in [0.717, 1.165) is 0 Å². The van der Waals surface area contributed by atoms with Gasteiger partial charge in [0, 0.05) is 17.7 Å². The van der Waals surface area contributed by atoms with E-state index in [4.69, 9.17) is 4.74 Å². The number of ether oxygens (including phenoxy) is 1. The van der Waals surface area contributed by atoms with E-state index in [1.54, 1.807) is 48.5 Å². The summed E-state index contributed by atoms with van der Waals surface area (Å²) < 4.78 is 32.3. The van der Waals surface area contributed by atoms with Crippen LogP contribution in [-0.2, 0) is 0 Å². The molecule has 126 valence electrons. The van der Waals surface area contributed by atoms with Crippen LogP contribution >= 0.6 is 0 Å². The number of amides is 2. The van der Waals surface area contributed by atoms with Crippen molar-refractivity contribution in [1.82, 2.24) is 5.32 Å². The standard InChI is InChI=1S/C18H18F2N2O2/c19-11-18(12-20)10-15(14-8-4-5-9-16(14)24-18)22-17(23)21-13-6-2-1-3-7-13/h1-9,15H,10-12H2,(H2,21,22,23). The van der Waals surface area contributed by atoms with Crippen LogP contribution in [0.15, 0.2) is 54.6 Å². The number of rotatable bonds is 4. The van der Waals surface area contributed by atoms with Crippen molar-refractivity contribution in [3.63, 3.8) is 0 Å². The van der Waals surface area contributed by atoms with Gasteiger partial charge in [0.2, 0.25) is 0 Å². The van der Waals surface area contributed by atoms with Crippen LogP contribution < -0.4 is 15.4 Å². The first kappa shape index (κ1) is 16.2. The number of carbonyl (C=O) groups is 1. The zero-order chi connectivity index (χ0) is 17.0. The van der Waals surface area contributed by atoms with Crippen molar-refractivity contribution in [3.8, 4) is 5.75 Å². The van der Waals surface area contributed by atoms with Crippen molar-refractivity contribution in [2.45, 2.75) is 18.1 Å². The predicted molar refractivity (Wildman–Crippen MR) is 87.7 cm³/mol. The Morgan fingerprint density at radius 3 is 2.46 bits per heavy atom. The van der Waals surface area contributed by atoms with Gasteiger partial charge in [0.05, 0.1) is 6.04 Å². The molecule has 0 radical (unpaired) electrons. The van der Waals surface area contributed by atoms with Crippen molar-refractivity contribution in [1.29, 1.82) is 0 Å². The highest BCUT2D eigenvalue weighted by Crippen LogP contribution is 2.40. The molecule has 1 unspecified atom stereocenters. The first-order valence-corrected chi connectivity index (χ1v) is 7.68. The Hall–Kier alpha value is -2.63. The number of halogens is 2. The highest BCUT2D eigenvalue weighted by atomic mass is 19.1. The van der Waals surface area contributed by atoms with Gasteiger partial charge in [-0.15, -0.1) is 0 Å². The molecule has 24 heavy (non-hydrogen) atoms. The van der Waals surface area contributed by atoms with Crippen LogP contribution in [0.4, 0.5) is 19.3 Å². The number of para-hydroxylation sites is 2. The molecule has 2 N–H and O–H groups in total. The molecule has 0 aromatic heterocycles. The molecule has 0 fully saturated rings. The van der Waals surface area contributed by atoms with Gasteiger partial charge in [-0.1, -0.05) is 36.4 Å². The van der Waals surface area contributed by atoms with Gasteiger partial charge in [-0.25, -0.2) is 13.6 Å². The summed E-state index contributed by atoms with van der Waals surface area (Å²) in [5.41, 5.74) is -0.213. The number of urea groups is 1. The van der Waals surface area contributed by atoms with E-state index in [1.807, 2.05) is 6.07 Å². The van der Waals surface area contributed by atoms with Gasteiger partial charge in [-0.05, 0) is 18.2 Å². The Bertz CT molecular complexity index is 705. The van der Waals surface area contributed by atoms with Crippen LogP contribution in [-0.4, -0.2) is 25.0 Å². The topological polar surface area (TPSA) is 50.4 Å². The van der Waals surface area contributed by atoms with E-state index in [-0.39, 0.29) is 6.42 Å². The van der Waals surface area contributed by atoms with E-state index >= 15 is 0 Å². The molecule has 3 rings (SSSR count). The molecule has 2 aromatic rings. The van der Waals surface area contributed by atoms with Gasteiger partial charge < -0.3 is 15.4 Å². The van der Waals surface area contributed by atoms with E-state index in [1.165, 1.54) is 0 Å². The van der Waals surface area contributed by atoms with Gasteiger partial charge in [0.15, 0.2) is 5.60 Å². The highest BCUT2D eigenvalue weighted by molar-refractivity contribution is 5.89. The Morgan fingerprint density at radius 1 is 1.08 bits per heavy atom. The molecule has 0 saturated carbocycles. The first-order valence-electron chi connectivity index (χ1n) is 7.68. The third-order valence-electron chi connectivity index (χ3n) is 4.02. The highest BCUT2D eigenvalue weighted by Gasteiger charge is 2.42. The predicted octanol–water partition coefficient (Wildman–Crippen LogP) is 4.01. The molecule has 0 aliphatic carbocycles. The lowest BCUT2D eigenvalue weighted by Crippen LogP contribution is -2.49. The normalized spacial score (nSPS) is 18.2. The number of carbonyl (C=O) groups excluding carboxylic acids is 1. The second-order valence-electron chi connectivity index (χ2n) is 5.81. The van der Waals surface area contributed by atoms with E-state index < -0.39 is 31.0 Å². The lowest BCUT2D eigenvalue weighted by atomic mass is 9.88. The second kappa shape index (κ2) is 6.86. The summed E-state index contributed by atoms with van der Waals surface area (Å²) >= 11 is 0. The number of hydrogen-bond acceptors (Lipinski definition) is 2. The summed E-state index contributed by atoms with van der Waals surface area (Å²) in [5.74, 6) is 0.393. The minimum absolute atomic E-state index is 0.0270. The van der Waals surface area contributed by atoms with E-state index in [0.29, 0.717) is 17.0 Å².